The van der Waals surface area contributed by atoms with Gasteiger partial charge in [0.05, 0.1) is 22.9 Å². The highest BCUT2D eigenvalue weighted by atomic mass is 19.1. The van der Waals surface area contributed by atoms with Crippen LogP contribution in [-0.2, 0) is 16.6 Å². The minimum Gasteiger partial charge on any atom is -0.507 e. The maximum absolute atomic E-state index is 14.0. The number of rotatable bonds is 5. The number of carbonyl (C=O) groups excluding carboxylic acids is 2. The third kappa shape index (κ3) is 3.67. The smallest absolute Gasteiger partial charge is 0.295 e. The SMILES string of the molecule is Cc1nn(C)c(C)c1C(O)=C1C(=O)C(=O)N(CCN(C)C)[C@H]1c1cccc(F)c1. The van der Waals surface area contributed by atoms with Gasteiger partial charge in [0.1, 0.15) is 11.6 Å². The van der Waals surface area contributed by atoms with Crippen LogP contribution >= 0.6 is 0 Å². The number of likely N-dealkylation sites (tertiary alicyclic amines) is 1. The Morgan fingerprint density at radius 3 is 2.52 bits per heavy atom. The second-order valence-corrected chi connectivity index (χ2v) is 7.52. The average molecular weight is 400 g/mol. The molecule has 1 aliphatic heterocycles. The van der Waals surface area contributed by atoms with Crippen LogP contribution in [0.25, 0.3) is 5.76 Å². The molecule has 29 heavy (non-hydrogen) atoms. The molecule has 7 nitrogen and oxygen atoms in total. The Morgan fingerprint density at radius 2 is 1.97 bits per heavy atom. The van der Waals surface area contributed by atoms with Gasteiger partial charge in [-0.2, -0.15) is 5.10 Å². The molecule has 1 aliphatic rings. The minimum atomic E-state index is -0.871. The molecule has 3 rings (SSSR count). The lowest BCUT2D eigenvalue weighted by molar-refractivity contribution is -0.140. The van der Waals surface area contributed by atoms with Gasteiger partial charge < -0.3 is 14.9 Å². The summed E-state index contributed by atoms with van der Waals surface area (Å²) in [6.45, 7) is 4.28. The van der Waals surface area contributed by atoms with Crippen LogP contribution in [0.4, 0.5) is 4.39 Å². The molecule has 0 aliphatic carbocycles. The van der Waals surface area contributed by atoms with E-state index in [4.69, 9.17) is 0 Å². The second-order valence-electron chi connectivity index (χ2n) is 7.52. The van der Waals surface area contributed by atoms with E-state index in [9.17, 15) is 19.1 Å². The molecule has 0 radical (unpaired) electrons. The lowest BCUT2D eigenvalue weighted by Crippen LogP contribution is -2.35. The third-order valence-electron chi connectivity index (χ3n) is 5.24. The van der Waals surface area contributed by atoms with E-state index in [1.54, 1.807) is 31.6 Å². The molecular weight excluding hydrogens is 375 g/mol. The molecular formula is C21H25FN4O3. The number of hydrogen-bond donors (Lipinski definition) is 1. The van der Waals surface area contributed by atoms with Crippen LogP contribution in [0.5, 0.6) is 0 Å². The van der Waals surface area contributed by atoms with Crippen molar-refractivity contribution in [1.29, 1.82) is 0 Å². The van der Waals surface area contributed by atoms with E-state index in [2.05, 4.69) is 5.10 Å². The van der Waals surface area contributed by atoms with E-state index in [-0.39, 0.29) is 17.9 Å². The van der Waals surface area contributed by atoms with Gasteiger partial charge in [0.2, 0.25) is 0 Å². The average Bonchev–Trinajstić information content (AvgIpc) is 3.05. The Bertz CT molecular complexity index is 1010. The van der Waals surface area contributed by atoms with Crippen molar-refractivity contribution in [1.82, 2.24) is 19.6 Å². The molecule has 2 heterocycles. The molecule has 1 amide bonds. The fourth-order valence-corrected chi connectivity index (χ4v) is 3.69. The summed E-state index contributed by atoms with van der Waals surface area (Å²) in [5, 5.41) is 15.4. The molecule has 1 aromatic heterocycles. The summed E-state index contributed by atoms with van der Waals surface area (Å²) in [6, 6.07) is 4.89. The van der Waals surface area contributed by atoms with Crippen molar-refractivity contribution in [2.75, 3.05) is 27.2 Å². The Kier molecular flexibility index (Phi) is 5.57. The van der Waals surface area contributed by atoms with Crippen molar-refractivity contribution in [3.8, 4) is 0 Å². The number of carbonyl (C=O) groups is 2. The highest BCUT2D eigenvalue weighted by molar-refractivity contribution is 6.46. The van der Waals surface area contributed by atoms with E-state index in [1.165, 1.54) is 23.1 Å². The summed E-state index contributed by atoms with van der Waals surface area (Å²) in [6.07, 6.45) is 0. The van der Waals surface area contributed by atoms with Gasteiger partial charge in [-0.3, -0.25) is 14.3 Å². The van der Waals surface area contributed by atoms with E-state index in [0.29, 0.717) is 29.1 Å². The van der Waals surface area contributed by atoms with Crippen molar-refractivity contribution >= 4 is 17.4 Å². The summed E-state index contributed by atoms with van der Waals surface area (Å²) in [4.78, 5) is 29.0. The van der Waals surface area contributed by atoms with Crippen molar-refractivity contribution in [2.24, 2.45) is 7.05 Å². The largest absolute Gasteiger partial charge is 0.507 e. The molecule has 1 atom stereocenters. The Morgan fingerprint density at radius 1 is 1.28 bits per heavy atom. The maximum Gasteiger partial charge on any atom is 0.295 e. The monoisotopic (exact) mass is 400 g/mol. The van der Waals surface area contributed by atoms with Crippen LogP contribution in [0.1, 0.15) is 28.6 Å². The van der Waals surface area contributed by atoms with Gasteiger partial charge in [0.25, 0.3) is 11.7 Å². The van der Waals surface area contributed by atoms with Crippen LogP contribution in [0.15, 0.2) is 29.8 Å². The Hall–Kier alpha value is -3.00. The first-order valence-corrected chi connectivity index (χ1v) is 9.32. The van der Waals surface area contributed by atoms with Gasteiger partial charge in [0, 0.05) is 25.8 Å². The number of amides is 1. The zero-order valence-corrected chi connectivity index (χ0v) is 17.2. The number of Topliss-reactive ketones (excluding diaryl/α,β-unsaturated/α-hetero) is 1. The molecule has 2 aromatic rings. The molecule has 0 bridgehead atoms. The van der Waals surface area contributed by atoms with Crippen LogP contribution in [0, 0.1) is 19.7 Å². The van der Waals surface area contributed by atoms with E-state index in [0.717, 1.165) is 0 Å². The van der Waals surface area contributed by atoms with Crippen LogP contribution < -0.4 is 0 Å². The van der Waals surface area contributed by atoms with Crippen molar-refractivity contribution in [3.63, 3.8) is 0 Å². The summed E-state index contributed by atoms with van der Waals surface area (Å²) < 4.78 is 15.6. The van der Waals surface area contributed by atoms with Crippen LogP contribution in [0.3, 0.4) is 0 Å². The molecule has 154 valence electrons. The molecule has 1 saturated heterocycles. The number of hydrogen-bond acceptors (Lipinski definition) is 5. The summed E-state index contributed by atoms with van der Waals surface area (Å²) in [5.74, 6) is -2.25. The van der Waals surface area contributed by atoms with E-state index in [1.807, 2.05) is 19.0 Å². The molecule has 1 N–H and O–H groups in total. The zero-order chi connectivity index (χ0) is 21.5. The fraction of sp³-hybridized carbons (Fsp3) is 0.381. The van der Waals surface area contributed by atoms with Gasteiger partial charge in [-0.05, 0) is 45.6 Å². The Labute approximate surface area is 169 Å². The molecule has 0 saturated carbocycles. The second kappa shape index (κ2) is 7.79. The highest BCUT2D eigenvalue weighted by Crippen LogP contribution is 2.40. The first-order valence-electron chi connectivity index (χ1n) is 9.32. The van der Waals surface area contributed by atoms with E-state index < -0.39 is 23.5 Å². The number of aliphatic hydroxyl groups excluding tert-OH is 1. The number of benzene rings is 1. The number of nitrogens with zero attached hydrogens (tertiary/aromatic N) is 4. The number of ketones is 1. The summed E-state index contributed by atoms with van der Waals surface area (Å²) in [7, 11) is 5.45. The number of likely N-dealkylation sites (N-methyl/N-ethyl adjacent to an activating group) is 1. The summed E-state index contributed by atoms with van der Waals surface area (Å²) in [5.41, 5.74) is 2.01. The zero-order valence-electron chi connectivity index (χ0n) is 17.2. The molecule has 8 heteroatoms. The molecule has 1 fully saturated rings. The maximum atomic E-state index is 14.0. The third-order valence-corrected chi connectivity index (χ3v) is 5.24. The van der Waals surface area contributed by atoms with Crippen molar-refractivity contribution in [3.05, 3.63) is 58.2 Å². The Balaban J connectivity index is 2.22. The van der Waals surface area contributed by atoms with Gasteiger partial charge in [-0.15, -0.1) is 0 Å². The van der Waals surface area contributed by atoms with Gasteiger partial charge in [-0.1, -0.05) is 12.1 Å². The number of aryl methyl sites for hydroxylation is 2. The van der Waals surface area contributed by atoms with E-state index >= 15 is 0 Å². The molecule has 0 spiro atoms. The number of aliphatic hydroxyl groups is 1. The predicted octanol–water partition coefficient (Wildman–Crippen LogP) is 2.16. The highest BCUT2D eigenvalue weighted by Gasteiger charge is 2.46. The topological polar surface area (TPSA) is 78.7 Å². The normalized spacial score (nSPS) is 18.9. The number of aromatic nitrogens is 2. The lowest BCUT2D eigenvalue weighted by Gasteiger charge is -2.26. The number of halogens is 1. The fourth-order valence-electron chi connectivity index (χ4n) is 3.69. The predicted molar refractivity (Wildman–Crippen MR) is 107 cm³/mol. The lowest BCUT2D eigenvalue weighted by atomic mass is 9.94. The quantitative estimate of drug-likeness (QED) is 0.473. The van der Waals surface area contributed by atoms with Crippen molar-refractivity contribution in [2.45, 2.75) is 19.9 Å². The summed E-state index contributed by atoms with van der Waals surface area (Å²) >= 11 is 0. The minimum absolute atomic E-state index is 0.0430. The van der Waals surface area contributed by atoms with Crippen LogP contribution in [-0.4, -0.2) is 63.6 Å². The van der Waals surface area contributed by atoms with Crippen LogP contribution in [0.2, 0.25) is 0 Å². The van der Waals surface area contributed by atoms with Gasteiger partial charge in [0.15, 0.2) is 0 Å². The first kappa shape index (κ1) is 20.7. The van der Waals surface area contributed by atoms with Gasteiger partial charge >= 0.3 is 0 Å². The van der Waals surface area contributed by atoms with Gasteiger partial charge in [-0.25, -0.2) is 4.39 Å². The molecule has 0 unspecified atom stereocenters. The first-order chi connectivity index (χ1) is 13.6. The molecule has 1 aromatic carbocycles. The standard InChI is InChI=1S/C21H25FN4O3/c1-12-16(13(2)25(5)23-12)19(27)17-18(14-7-6-8-15(22)11-14)26(10-9-24(3)4)21(29)20(17)28/h6-8,11,18,27H,9-10H2,1-5H3/t18-/m0/s1. The van der Waals surface area contributed by atoms with Crippen molar-refractivity contribution < 1.29 is 19.1 Å².